The fourth-order valence-corrected chi connectivity index (χ4v) is 5.09. The van der Waals surface area contributed by atoms with E-state index in [1.165, 1.54) is 0 Å². The first-order valence-electron chi connectivity index (χ1n) is 12.7. The van der Waals surface area contributed by atoms with Crippen molar-refractivity contribution in [3.05, 3.63) is 46.9 Å². The highest BCUT2D eigenvalue weighted by molar-refractivity contribution is 5.77. The first-order chi connectivity index (χ1) is 17.1. The Kier molecular flexibility index (Phi) is 8.32. The van der Waals surface area contributed by atoms with E-state index >= 15 is 4.39 Å². The summed E-state index contributed by atoms with van der Waals surface area (Å²) in [6, 6.07) is 3.55. The largest absolute Gasteiger partial charge is 0.445 e. The van der Waals surface area contributed by atoms with Crippen LogP contribution in [0.1, 0.15) is 67.1 Å². The van der Waals surface area contributed by atoms with Gasteiger partial charge in [0.15, 0.2) is 0 Å². The number of nitrogens with zero attached hydrogens (tertiary/aromatic N) is 3. The summed E-state index contributed by atoms with van der Waals surface area (Å²) in [5.74, 6) is 0.883. The molecule has 6 nitrogen and oxygen atoms in total. The molecule has 1 aliphatic carbocycles. The van der Waals surface area contributed by atoms with Crippen LogP contribution in [0.5, 0.6) is 0 Å². The second-order valence-corrected chi connectivity index (χ2v) is 10.1. The number of amides is 1. The third-order valence-corrected chi connectivity index (χ3v) is 7.26. The second kappa shape index (κ2) is 11.3. The summed E-state index contributed by atoms with van der Waals surface area (Å²) in [6.07, 6.45) is 0.386. The lowest BCUT2D eigenvalue weighted by atomic mass is 9.81. The van der Waals surface area contributed by atoms with Crippen LogP contribution in [0.4, 0.5) is 17.6 Å². The maximum absolute atomic E-state index is 15.5. The fraction of sp³-hybridized carbons (Fsp3) is 0.654. The molecule has 10 heteroatoms. The van der Waals surface area contributed by atoms with Crippen molar-refractivity contribution >= 4 is 5.91 Å². The van der Waals surface area contributed by atoms with Gasteiger partial charge in [-0.25, -0.2) is 9.37 Å². The number of nitrogens with one attached hydrogen (secondary N) is 1. The second-order valence-electron chi connectivity index (χ2n) is 10.1. The van der Waals surface area contributed by atoms with Crippen molar-refractivity contribution in [3.8, 4) is 0 Å². The van der Waals surface area contributed by atoms with Crippen molar-refractivity contribution in [2.75, 3.05) is 19.6 Å². The van der Waals surface area contributed by atoms with Gasteiger partial charge in [0.1, 0.15) is 17.8 Å². The van der Waals surface area contributed by atoms with Gasteiger partial charge in [0, 0.05) is 49.9 Å². The standard InChI is InChI=1S/C26H34F4N4O2/c1-18-17-31-24(36-18)16-23(35)33-21-4-9-25(27,10-5-21)12-15-34-13-7-19-2-3-20(6-11-26(28,29)30)32-22(19)8-14-34/h2-3,17,21H,4-16H2,1H3,(H,33,35). The quantitative estimate of drug-likeness (QED) is 0.523. The van der Waals surface area contributed by atoms with Gasteiger partial charge in [-0.15, -0.1) is 0 Å². The number of aromatic nitrogens is 2. The Hall–Kier alpha value is -2.49. The molecular formula is C26H34F4N4O2. The smallest absolute Gasteiger partial charge is 0.389 e. The van der Waals surface area contributed by atoms with E-state index in [0.717, 1.165) is 30.8 Å². The number of carbonyl (C=O) groups excluding carboxylic acids is 1. The predicted octanol–water partition coefficient (Wildman–Crippen LogP) is 4.67. The molecule has 0 spiro atoms. The zero-order valence-corrected chi connectivity index (χ0v) is 20.7. The van der Waals surface area contributed by atoms with Crippen LogP contribution in [-0.2, 0) is 30.5 Å². The third kappa shape index (κ3) is 7.75. The lowest BCUT2D eigenvalue weighted by Crippen LogP contribution is -2.43. The number of halogens is 4. The number of oxazole rings is 1. The topological polar surface area (TPSA) is 71.3 Å². The van der Waals surface area contributed by atoms with Gasteiger partial charge in [-0.05, 0) is 63.5 Å². The van der Waals surface area contributed by atoms with Crippen LogP contribution in [0.25, 0.3) is 0 Å². The average molecular weight is 511 g/mol. The third-order valence-electron chi connectivity index (χ3n) is 7.26. The summed E-state index contributed by atoms with van der Waals surface area (Å²) in [5, 5.41) is 2.97. The minimum absolute atomic E-state index is 0.0391. The molecule has 1 aliphatic heterocycles. The number of fused-ring (bicyclic) bond motifs is 1. The van der Waals surface area contributed by atoms with E-state index in [0.29, 0.717) is 62.4 Å². The highest BCUT2D eigenvalue weighted by atomic mass is 19.4. The molecule has 1 amide bonds. The number of pyridine rings is 1. The molecule has 2 aliphatic rings. The van der Waals surface area contributed by atoms with Crippen LogP contribution >= 0.6 is 0 Å². The van der Waals surface area contributed by atoms with Crippen molar-refractivity contribution in [2.24, 2.45) is 0 Å². The Labute approximate surface area is 208 Å². The predicted molar refractivity (Wildman–Crippen MR) is 126 cm³/mol. The van der Waals surface area contributed by atoms with Gasteiger partial charge in [-0.3, -0.25) is 9.78 Å². The van der Waals surface area contributed by atoms with Gasteiger partial charge in [-0.2, -0.15) is 13.2 Å². The SMILES string of the molecule is Cc1cnc(CC(=O)NC2CCC(F)(CCN3CCc4ccc(CCC(F)(F)F)nc4CC3)CC2)o1. The monoisotopic (exact) mass is 510 g/mol. The molecular weight excluding hydrogens is 476 g/mol. The number of carbonyl (C=O) groups is 1. The van der Waals surface area contributed by atoms with Crippen LogP contribution in [0, 0.1) is 6.92 Å². The first kappa shape index (κ1) is 26.6. The van der Waals surface area contributed by atoms with Crippen molar-refractivity contribution < 1.29 is 26.8 Å². The minimum atomic E-state index is -4.19. The van der Waals surface area contributed by atoms with Crippen molar-refractivity contribution in [1.29, 1.82) is 0 Å². The van der Waals surface area contributed by atoms with Crippen molar-refractivity contribution in [1.82, 2.24) is 20.2 Å². The molecule has 0 unspecified atom stereocenters. The lowest BCUT2D eigenvalue weighted by molar-refractivity contribution is -0.134. The van der Waals surface area contributed by atoms with Crippen LogP contribution in [0.3, 0.4) is 0 Å². The Bertz CT molecular complexity index is 1030. The molecule has 0 aromatic carbocycles. The molecule has 0 radical (unpaired) electrons. The van der Waals surface area contributed by atoms with Crippen LogP contribution in [0.2, 0.25) is 0 Å². The molecule has 3 heterocycles. The molecule has 0 atom stereocenters. The molecule has 1 N–H and O–H groups in total. The minimum Gasteiger partial charge on any atom is -0.445 e. The van der Waals surface area contributed by atoms with Gasteiger partial charge in [-0.1, -0.05) is 6.07 Å². The summed E-state index contributed by atoms with van der Waals surface area (Å²) in [4.78, 5) is 23.0. The summed E-state index contributed by atoms with van der Waals surface area (Å²) in [5.41, 5.74) is 1.16. The highest BCUT2D eigenvalue weighted by Crippen LogP contribution is 2.35. The van der Waals surface area contributed by atoms with Crippen LogP contribution in [-0.4, -0.2) is 58.3 Å². The molecule has 2 aromatic rings. The average Bonchev–Trinajstić information content (AvgIpc) is 3.11. The van der Waals surface area contributed by atoms with Crippen LogP contribution in [0.15, 0.2) is 22.7 Å². The van der Waals surface area contributed by atoms with Gasteiger partial charge in [0.25, 0.3) is 0 Å². The van der Waals surface area contributed by atoms with Gasteiger partial charge < -0.3 is 14.6 Å². The van der Waals surface area contributed by atoms with E-state index in [1.54, 1.807) is 19.2 Å². The molecule has 36 heavy (non-hydrogen) atoms. The Morgan fingerprint density at radius 1 is 1.22 bits per heavy atom. The van der Waals surface area contributed by atoms with Crippen molar-refractivity contribution in [3.63, 3.8) is 0 Å². The van der Waals surface area contributed by atoms with Crippen molar-refractivity contribution in [2.45, 2.75) is 89.0 Å². The number of aryl methyl sites for hydroxylation is 2. The number of hydrogen-bond donors (Lipinski definition) is 1. The summed E-state index contributed by atoms with van der Waals surface area (Å²) >= 11 is 0. The normalized spacial score (nSPS) is 23.2. The Morgan fingerprint density at radius 2 is 1.97 bits per heavy atom. The lowest BCUT2D eigenvalue weighted by Gasteiger charge is -2.35. The summed E-state index contributed by atoms with van der Waals surface area (Å²) in [6.45, 7) is 3.91. The van der Waals surface area contributed by atoms with E-state index < -0.39 is 18.3 Å². The molecule has 1 fully saturated rings. The van der Waals surface area contributed by atoms with Gasteiger partial charge >= 0.3 is 6.18 Å². The Balaban J connectivity index is 1.19. The van der Waals surface area contributed by atoms with E-state index in [4.69, 9.17) is 4.42 Å². The van der Waals surface area contributed by atoms with E-state index in [1.807, 2.05) is 6.07 Å². The van der Waals surface area contributed by atoms with E-state index in [9.17, 15) is 18.0 Å². The summed E-state index contributed by atoms with van der Waals surface area (Å²) in [7, 11) is 0. The van der Waals surface area contributed by atoms with Gasteiger partial charge in [0.2, 0.25) is 11.8 Å². The zero-order valence-electron chi connectivity index (χ0n) is 20.7. The van der Waals surface area contributed by atoms with Gasteiger partial charge in [0.05, 0.1) is 6.20 Å². The number of rotatable bonds is 8. The Morgan fingerprint density at radius 3 is 2.67 bits per heavy atom. The molecule has 0 bridgehead atoms. The fourth-order valence-electron chi connectivity index (χ4n) is 5.09. The molecule has 0 saturated heterocycles. The number of hydrogen-bond acceptors (Lipinski definition) is 5. The zero-order chi connectivity index (χ0) is 25.8. The maximum atomic E-state index is 15.5. The maximum Gasteiger partial charge on any atom is 0.389 e. The van der Waals surface area contributed by atoms with Crippen LogP contribution < -0.4 is 5.32 Å². The molecule has 1 saturated carbocycles. The molecule has 4 rings (SSSR count). The summed E-state index contributed by atoms with van der Waals surface area (Å²) < 4.78 is 58.5. The van der Waals surface area contributed by atoms with E-state index in [-0.39, 0.29) is 24.8 Å². The molecule has 198 valence electrons. The van der Waals surface area contributed by atoms with E-state index in [2.05, 4.69) is 20.2 Å². The highest BCUT2D eigenvalue weighted by Gasteiger charge is 2.36. The molecule has 2 aromatic heterocycles. The first-order valence-corrected chi connectivity index (χ1v) is 12.7. The number of alkyl halides is 4.